The minimum atomic E-state index is -0.384. The summed E-state index contributed by atoms with van der Waals surface area (Å²) in [5.41, 5.74) is 3.17. The summed E-state index contributed by atoms with van der Waals surface area (Å²) in [7, 11) is 0. The Labute approximate surface area is 144 Å². The zero-order valence-corrected chi connectivity index (χ0v) is 14.6. The molecule has 3 rings (SSSR count). The van der Waals surface area contributed by atoms with Gasteiger partial charge in [0.05, 0.1) is 5.69 Å². The Morgan fingerprint density at radius 2 is 2.04 bits per heavy atom. The van der Waals surface area contributed by atoms with Gasteiger partial charge in [0.2, 0.25) is 5.91 Å². The minimum absolute atomic E-state index is 0.0899. The number of benzene rings is 2. The normalized spacial score (nSPS) is 12.1. The number of carbonyl (C=O) groups is 1. The molecule has 5 nitrogen and oxygen atoms in total. The fraction of sp³-hybridized carbons (Fsp3) is 0.222. The van der Waals surface area contributed by atoms with E-state index in [1.165, 1.54) is 0 Å². The number of hydrogen-bond acceptors (Lipinski definition) is 5. The van der Waals surface area contributed by atoms with Gasteiger partial charge >= 0.3 is 0 Å². The first-order valence-corrected chi connectivity index (χ1v) is 8.87. The van der Waals surface area contributed by atoms with Gasteiger partial charge in [0, 0.05) is 17.5 Å². The van der Waals surface area contributed by atoms with Crippen LogP contribution in [0.5, 0.6) is 0 Å². The zero-order chi connectivity index (χ0) is 17.1. The van der Waals surface area contributed by atoms with Gasteiger partial charge in [0.25, 0.3) is 0 Å². The van der Waals surface area contributed by atoms with Gasteiger partial charge in [-0.1, -0.05) is 12.1 Å². The molecule has 2 N–H and O–H groups in total. The van der Waals surface area contributed by atoms with Gasteiger partial charge in [-0.2, -0.15) is 0 Å². The van der Waals surface area contributed by atoms with Crippen LogP contribution < -0.4 is 10.6 Å². The van der Waals surface area contributed by atoms with Crippen molar-refractivity contribution in [1.29, 1.82) is 0 Å². The summed E-state index contributed by atoms with van der Waals surface area (Å²) in [6.45, 7) is 3.64. The fourth-order valence-electron chi connectivity index (χ4n) is 2.44. The van der Waals surface area contributed by atoms with E-state index in [2.05, 4.69) is 15.6 Å². The van der Waals surface area contributed by atoms with Gasteiger partial charge in [-0.15, -0.1) is 11.8 Å². The first kappa shape index (κ1) is 16.4. The van der Waals surface area contributed by atoms with Crippen molar-refractivity contribution < 1.29 is 9.21 Å². The van der Waals surface area contributed by atoms with E-state index in [0.29, 0.717) is 5.89 Å². The van der Waals surface area contributed by atoms with Crippen LogP contribution in [-0.2, 0) is 4.79 Å². The number of nitrogens with one attached hydrogen (secondary N) is 2. The summed E-state index contributed by atoms with van der Waals surface area (Å²) in [5.74, 6) is 0.537. The summed E-state index contributed by atoms with van der Waals surface area (Å²) in [6, 6.07) is 13.0. The predicted octanol–water partition coefficient (Wildman–Crippen LogP) is 4.30. The monoisotopic (exact) mass is 341 g/mol. The maximum absolute atomic E-state index is 12.4. The second-order valence-corrected chi connectivity index (χ2v) is 6.32. The lowest BCUT2D eigenvalue weighted by Gasteiger charge is -2.16. The van der Waals surface area contributed by atoms with E-state index >= 15 is 0 Å². The number of amides is 1. The van der Waals surface area contributed by atoms with Crippen LogP contribution >= 0.6 is 11.8 Å². The number of para-hydroxylation sites is 1. The van der Waals surface area contributed by atoms with Crippen LogP contribution in [0, 0.1) is 6.92 Å². The number of nitrogens with zero attached hydrogens (tertiary/aromatic N) is 1. The number of aromatic nitrogens is 1. The second-order valence-electron chi connectivity index (χ2n) is 5.47. The summed E-state index contributed by atoms with van der Waals surface area (Å²) in [5, 5.41) is 6.17. The smallest absolute Gasteiger partial charge is 0.246 e. The summed E-state index contributed by atoms with van der Waals surface area (Å²) >= 11 is 1.60. The molecule has 0 spiro atoms. The van der Waals surface area contributed by atoms with Gasteiger partial charge in [-0.25, -0.2) is 4.98 Å². The Balaban J connectivity index is 1.70. The van der Waals surface area contributed by atoms with Crippen molar-refractivity contribution in [2.45, 2.75) is 24.8 Å². The minimum Gasteiger partial charge on any atom is -0.441 e. The third-order valence-electron chi connectivity index (χ3n) is 3.64. The fourth-order valence-corrected chi connectivity index (χ4v) is 2.99. The molecule has 0 saturated carbocycles. The summed E-state index contributed by atoms with van der Waals surface area (Å²) in [4.78, 5) is 17.8. The number of anilines is 2. The van der Waals surface area contributed by atoms with E-state index in [1.54, 1.807) is 11.8 Å². The van der Waals surface area contributed by atoms with Crippen LogP contribution in [0.3, 0.4) is 0 Å². The van der Waals surface area contributed by atoms with Crippen molar-refractivity contribution in [1.82, 2.24) is 4.98 Å². The molecular formula is C18H19N3O2S. The highest BCUT2D eigenvalue weighted by molar-refractivity contribution is 7.98. The molecule has 0 fully saturated rings. The molecule has 0 saturated heterocycles. The highest BCUT2D eigenvalue weighted by atomic mass is 32.2. The molecule has 0 bridgehead atoms. The Morgan fingerprint density at radius 3 is 2.83 bits per heavy atom. The van der Waals surface area contributed by atoms with Crippen LogP contribution in [0.2, 0.25) is 0 Å². The lowest BCUT2D eigenvalue weighted by molar-refractivity contribution is -0.116. The number of fused-ring (bicyclic) bond motifs is 1. The molecule has 1 heterocycles. The van der Waals surface area contributed by atoms with Gasteiger partial charge in [-0.3, -0.25) is 4.79 Å². The molecule has 0 aliphatic rings. The maximum Gasteiger partial charge on any atom is 0.246 e. The Morgan fingerprint density at radius 1 is 1.25 bits per heavy atom. The lowest BCUT2D eigenvalue weighted by atomic mass is 10.2. The summed E-state index contributed by atoms with van der Waals surface area (Å²) in [6.07, 6.45) is 1.99. The van der Waals surface area contributed by atoms with E-state index in [9.17, 15) is 4.79 Å². The highest BCUT2D eigenvalue weighted by Gasteiger charge is 2.15. The van der Waals surface area contributed by atoms with E-state index in [-0.39, 0.29) is 11.9 Å². The van der Waals surface area contributed by atoms with Gasteiger partial charge in [0.1, 0.15) is 11.6 Å². The van der Waals surface area contributed by atoms with Gasteiger partial charge in [-0.05, 0) is 43.5 Å². The molecule has 1 atom stereocenters. The first-order valence-electron chi connectivity index (χ1n) is 7.64. The first-order chi connectivity index (χ1) is 11.6. The number of oxazole rings is 1. The van der Waals surface area contributed by atoms with Crippen molar-refractivity contribution in [2.75, 3.05) is 16.9 Å². The molecule has 1 aromatic heterocycles. The third-order valence-corrected chi connectivity index (χ3v) is 4.43. The lowest BCUT2D eigenvalue weighted by Crippen LogP contribution is -2.32. The van der Waals surface area contributed by atoms with Crippen LogP contribution in [0.4, 0.5) is 11.4 Å². The van der Waals surface area contributed by atoms with Crippen molar-refractivity contribution in [3.05, 3.63) is 48.4 Å². The largest absolute Gasteiger partial charge is 0.441 e. The highest BCUT2D eigenvalue weighted by Crippen LogP contribution is 2.25. The topological polar surface area (TPSA) is 67.2 Å². The summed E-state index contributed by atoms with van der Waals surface area (Å²) < 4.78 is 5.46. The molecule has 0 aliphatic carbocycles. The van der Waals surface area contributed by atoms with E-state index < -0.39 is 0 Å². The Kier molecular flexibility index (Phi) is 4.76. The molecule has 1 unspecified atom stereocenters. The van der Waals surface area contributed by atoms with Crippen molar-refractivity contribution in [3.8, 4) is 0 Å². The number of hydrogen-bond donors (Lipinski definition) is 2. The average Bonchev–Trinajstić information content (AvgIpc) is 2.94. The van der Waals surface area contributed by atoms with Crippen LogP contribution in [-0.4, -0.2) is 23.2 Å². The van der Waals surface area contributed by atoms with Gasteiger partial charge in [0.15, 0.2) is 11.5 Å². The van der Waals surface area contributed by atoms with E-state index in [4.69, 9.17) is 4.42 Å². The molecule has 124 valence electrons. The maximum atomic E-state index is 12.4. The third kappa shape index (κ3) is 3.54. The molecule has 6 heteroatoms. The number of rotatable bonds is 5. The van der Waals surface area contributed by atoms with Crippen molar-refractivity contribution in [3.63, 3.8) is 0 Å². The van der Waals surface area contributed by atoms with Crippen LogP contribution in [0.25, 0.3) is 11.1 Å². The molecular weight excluding hydrogens is 322 g/mol. The van der Waals surface area contributed by atoms with Crippen LogP contribution in [0.1, 0.15) is 12.8 Å². The van der Waals surface area contributed by atoms with E-state index in [0.717, 1.165) is 27.4 Å². The number of thioether (sulfide) groups is 1. The quantitative estimate of drug-likeness (QED) is 0.677. The molecule has 3 aromatic rings. The number of carbonyl (C=O) groups excluding carboxylic acids is 1. The Hall–Kier alpha value is -2.47. The molecule has 0 aliphatic heterocycles. The molecule has 1 amide bonds. The Bertz CT molecular complexity index is 876. The molecule has 0 radical (unpaired) electrons. The average molecular weight is 341 g/mol. The predicted molar refractivity (Wildman–Crippen MR) is 98.7 cm³/mol. The SMILES string of the molecule is CSc1ccccc1NC(=O)C(C)Nc1ccc2oc(C)nc2c1. The van der Waals surface area contributed by atoms with Crippen molar-refractivity contribution in [2.24, 2.45) is 0 Å². The van der Waals surface area contributed by atoms with Crippen molar-refractivity contribution >= 4 is 40.1 Å². The van der Waals surface area contributed by atoms with Gasteiger partial charge < -0.3 is 15.1 Å². The molecule has 24 heavy (non-hydrogen) atoms. The second kappa shape index (κ2) is 6.97. The standard InChI is InChI=1S/C18H19N3O2S/c1-11(18(22)21-14-6-4-5-7-17(14)24-3)19-13-8-9-16-15(10-13)20-12(2)23-16/h4-11,19H,1-3H3,(H,21,22). The zero-order valence-electron chi connectivity index (χ0n) is 13.8. The molecule has 2 aromatic carbocycles. The van der Waals surface area contributed by atoms with E-state index in [1.807, 2.05) is 62.6 Å². The number of aryl methyl sites for hydroxylation is 1. The van der Waals surface area contributed by atoms with Crippen LogP contribution in [0.15, 0.2) is 51.8 Å².